The zero-order valence-corrected chi connectivity index (χ0v) is 15.1. The van der Waals surface area contributed by atoms with Crippen molar-refractivity contribution in [2.45, 2.75) is 13.0 Å². The SMILES string of the molecule is CO[C@@H](C)c1ncc(C#CCN2CCS(=O)(=O)CC2)cc1Br. The van der Waals surface area contributed by atoms with Crippen LogP contribution in [0.25, 0.3) is 0 Å². The largest absolute Gasteiger partial charge is 0.375 e. The van der Waals surface area contributed by atoms with E-state index in [4.69, 9.17) is 4.74 Å². The van der Waals surface area contributed by atoms with Gasteiger partial charge in [0, 0.05) is 36.4 Å². The Kier molecular flexibility index (Phi) is 5.98. The summed E-state index contributed by atoms with van der Waals surface area (Å²) in [4.78, 5) is 6.42. The summed E-state index contributed by atoms with van der Waals surface area (Å²) in [7, 11) is -1.19. The van der Waals surface area contributed by atoms with Crippen molar-refractivity contribution in [3.8, 4) is 11.8 Å². The second-order valence-electron chi connectivity index (χ2n) is 5.20. The summed E-state index contributed by atoms with van der Waals surface area (Å²) in [6, 6.07) is 1.92. The van der Waals surface area contributed by atoms with Gasteiger partial charge >= 0.3 is 0 Å². The van der Waals surface area contributed by atoms with Gasteiger partial charge in [0.25, 0.3) is 0 Å². The number of aromatic nitrogens is 1. The molecule has 1 aromatic heterocycles. The second kappa shape index (κ2) is 7.55. The number of rotatable bonds is 3. The average molecular weight is 387 g/mol. The number of halogens is 1. The van der Waals surface area contributed by atoms with Gasteiger partial charge in [0.15, 0.2) is 9.84 Å². The standard InChI is InChI=1S/C15H19BrN2O3S/c1-12(21-2)15-14(16)10-13(11-17-15)4-3-5-18-6-8-22(19,20)9-7-18/h10-12H,5-9H2,1-2H3/t12-/m0/s1. The van der Waals surface area contributed by atoms with Crippen LogP contribution >= 0.6 is 15.9 Å². The van der Waals surface area contributed by atoms with Crippen molar-refractivity contribution in [3.63, 3.8) is 0 Å². The molecule has 0 amide bonds. The molecule has 2 heterocycles. The van der Waals surface area contributed by atoms with Crippen molar-refractivity contribution >= 4 is 25.8 Å². The molecule has 0 spiro atoms. The number of hydrogen-bond donors (Lipinski definition) is 0. The Bertz CT molecular complexity index is 680. The van der Waals surface area contributed by atoms with Crippen molar-refractivity contribution in [1.82, 2.24) is 9.88 Å². The highest BCUT2D eigenvalue weighted by atomic mass is 79.9. The molecule has 0 aromatic carbocycles. The van der Waals surface area contributed by atoms with Crippen LogP contribution in [0.2, 0.25) is 0 Å². The van der Waals surface area contributed by atoms with Crippen molar-refractivity contribution in [3.05, 3.63) is 28.0 Å². The van der Waals surface area contributed by atoms with Gasteiger partial charge in [0.2, 0.25) is 0 Å². The predicted octanol–water partition coefficient (Wildman–Crippen LogP) is 1.63. The summed E-state index contributed by atoms with van der Waals surface area (Å²) in [5.41, 5.74) is 1.66. The zero-order valence-electron chi connectivity index (χ0n) is 12.7. The molecule has 1 fully saturated rings. The highest BCUT2D eigenvalue weighted by Gasteiger charge is 2.20. The van der Waals surface area contributed by atoms with Crippen molar-refractivity contribution < 1.29 is 13.2 Å². The minimum Gasteiger partial charge on any atom is -0.375 e. The smallest absolute Gasteiger partial charge is 0.152 e. The fourth-order valence-electron chi connectivity index (χ4n) is 2.09. The Hall–Kier alpha value is -0.940. The topological polar surface area (TPSA) is 59.5 Å². The van der Waals surface area contributed by atoms with Gasteiger partial charge in [-0.05, 0) is 28.9 Å². The van der Waals surface area contributed by atoms with Gasteiger partial charge in [-0.2, -0.15) is 0 Å². The molecule has 5 nitrogen and oxygen atoms in total. The molecule has 0 aliphatic carbocycles. The summed E-state index contributed by atoms with van der Waals surface area (Å²) in [5.74, 6) is 6.60. The normalized spacial score (nSPS) is 19.2. The molecule has 1 aliphatic heterocycles. The van der Waals surface area contributed by atoms with E-state index in [1.165, 1.54) is 0 Å². The molecule has 0 bridgehead atoms. The van der Waals surface area contributed by atoms with Gasteiger partial charge in [-0.25, -0.2) is 8.42 Å². The maximum Gasteiger partial charge on any atom is 0.152 e. The molecule has 1 aromatic rings. The van der Waals surface area contributed by atoms with Crippen LogP contribution in [0.1, 0.15) is 24.3 Å². The summed E-state index contributed by atoms with van der Waals surface area (Å²) in [6.07, 6.45) is 1.65. The van der Waals surface area contributed by atoms with Crippen LogP contribution in [-0.2, 0) is 14.6 Å². The van der Waals surface area contributed by atoms with Crippen LogP contribution < -0.4 is 0 Å². The molecule has 0 saturated carbocycles. The Balaban J connectivity index is 1.96. The van der Waals surface area contributed by atoms with E-state index < -0.39 is 9.84 Å². The van der Waals surface area contributed by atoms with Gasteiger partial charge in [0.05, 0.1) is 29.8 Å². The second-order valence-corrected chi connectivity index (χ2v) is 8.36. The Morgan fingerprint density at radius 2 is 2.14 bits per heavy atom. The Labute approximate surface area is 140 Å². The first kappa shape index (κ1) is 17.4. The van der Waals surface area contributed by atoms with Crippen LogP contribution in [0.4, 0.5) is 0 Å². The molecule has 1 saturated heterocycles. The van der Waals surface area contributed by atoms with Crippen LogP contribution in [0, 0.1) is 11.8 Å². The molecule has 22 heavy (non-hydrogen) atoms. The van der Waals surface area contributed by atoms with E-state index in [1.807, 2.05) is 13.0 Å². The third-order valence-electron chi connectivity index (χ3n) is 3.58. The quantitative estimate of drug-likeness (QED) is 0.738. The van der Waals surface area contributed by atoms with E-state index in [-0.39, 0.29) is 17.6 Å². The highest BCUT2D eigenvalue weighted by Crippen LogP contribution is 2.23. The maximum atomic E-state index is 11.4. The lowest BCUT2D eigenvalue weighted by molar-refractivity contribution is 0.115. The molecule has 0 unspecified atom stereocenters. The lowest BCUT2D eigenvalue weighted by Crippen LogP contribution is -2.40. The monoisotopic (exact) mass is 386 g/mol. The van der Waals surface area contributed by atoms with Crippen molar-refractivity contribution in [2.75, 3.05) is 38.2 Å². The molecule has 0 radical (unpaired) electrons. The lowest BCUT2D eigenvalue weighted by Gasteiger charge is -2.24. The summed E-state index contributed by atoms with van der Waals surface area (Å²) < 4.78 is 28.8. The van der Waals surface area contributed by atoms with Gasteiger partial charge < -0.3 is 4.74 Å². The third-order valence-corrected chi connectivity index (χ3v) is 5.83. The Morgan fingerprint density at radius 3 is 2.73 bits per heavy atom. The number of hydrogen-bond acceptors (Lipinski definition) is 5. The van der Waals surface area contributed by atoms with Crippen LogP contribution in [0.15, 0.2) is 16.7 Å². The van der Waals surface area contributed by atoms with E-state index in [1.54, 1.807) is 13.3 Å². The average Bonchev–Trinajstić information content (AvgIpc) is 2.48. The number of ether oxygens (including phenoxy) is 1. The maximum absolute atomic E-state index is 11.4. The first-order valence-electron chi connectivity index (χ1n) is 7.01. The minimum atomic E-state index is -2.83. The molecule has 7 heteroatoms. The number of nitrogens with zero attached hydrogens (tertiary/aromatic N) is 2. The third kappa shape index (κ3) is 4.78. The van der Waals surface area contributed by atoms with Crippen LogP contribution in [0.5, 0.6) is 0 Å². The van der Waals surface area contributed by atoms with E-state index in [9.17, 15) is 8.42 Å². The van der Waals surface area contributed by atoms with Crippen LogP contribution in [-0.4, -0.2) is 56.6 Å². The zero-order chi connectivity index (χ0) is 16.2. The lowest BCUT2D eigenvalue weighted by atomic mass is 10.2. The van der Waals surface area contributed by atoms with E-state index in [0.717, 1.165) is 15.7 Å². The number of sulfone groups is 1. The van der Waals surface area contributed by atoms with Crippen molar-refractivity contribution in [2.24, 2.45) is 0 Å². The highest BCUT2D eigenvalue weighted by molar-refractivity contribution is 9.10. The van der Waals surface area contributed by atoms with E-state index >= 15 is 0 Å². The van der Waals surface area contributed by atoms with Gasteiger partial charge in [0.1, 0.15) is 0 Å². The summed E-state index contributed by atoms with van der Waals surface area (Å²) >= 11 is 3.48. The first-order valence-corrected chi connectivity index (χ1v) is 9.62. The molecular formula is C15H19BrN2O3S. The van der Waals surface area contributed by atoms with Crippen LogP contribution in [0.3, 0.4) is 0 Å². The molecule has 2 rings (SSSR count). The Morgan fingerprint density at radius 1 is 1.45 bits per heavy atom. The minimum absolute atomic E-state index is 0.0771. The van der Waals surface area contributed by atoms with Gasteiger partial charge in [-0.3, -0.25) is 9.88 Å². The molecule has 1 atom stereocenters. The molecule has 0 N–H and O–H groups in total. The summed E-state index contributed by atoms with van der Waals surface area (Å²) in [5, 5.41) is 0. The molecule has 120 valence electrons. The number of methoxy groups -OCH3 is 1. The van der Waals surface area contributed by atoms with Crippen molar-refractivity contribution in [1.29, 1.82) is 0 Å². The van der Waals surface area contributed by atoms with Gasteiger partial charge in [-0.1, -0.05) is 11.8 Å². The fourth-order valence-corrected chi connectivity index (χ4v) is 4.04. The predicted molar refractivity (Wildman–Crippen MR) is 89.3 cm³/mol. The molecule has 1 aliphatic rings. The number of pyridine rings is 1. The summed E-state index contributed by atoms with van der Waals surface area (Å²) in [6.45, 7) is 3.62. The molecular weight excluding hydrogens is 368 g/mol. The van der Waals surface area contributed by atoms with Gasteiger partial charge in [-0.15, -0.1) is 0 Å². The van der Waals surface area contributed by atoms with E-state index in [0.29, 0.717) is 19.6 Å². The van der Waals surface area contributed by atoms with E-state index in [2.05, 4.69) is 37.7 Å². The first-order chi connectivity index (χ1) is 10.4. The fraction of sp³-hybridized carbons (Fsp3) is 0.533.